The Hall–Kier alpha value is -0.970. The first-order chi connectivity index (χ1) is 8.68. The number of imidazole rings is 1. The van der Waals surface area contributed by atoms with E-state index in [9.17, 15) is 4.79 Å². The van der Waals surface area contributed by atoms with Gasteiger partial charge in [-0.25, -0.2) is 4.98 Å². The molecule has 1 saturated heterocycles. The van der Waals surface area contributed by atoms with Crippen molar-refractivity contribution < 1.29 is 4.79 Å². The Morgan fingerprint density at radius 2 is 2.28 bits per heavy atom. The topological polar surface area (TPSA) is 38.1 Å². The van der Waals surface area contributed by atoms with Crippen LogP contribution in [0.25, 0.3) is 0 Å². The van der Waals surface area contributed by atoms with E-state index < -0.39 is 0 Å². The van der Waals surface area contributed by atoms with E-state index in [1.165, 1.54) is 11.5 Å². The molecular weight excluding hydrogens is 246 g/mol. The van der Waals surface area contributed by atoms with Crippen molar-refractivity contribution in [2.75, 3.05) is 18.6 Å². The Bertz CT molecular complexity index is 374. The highest BCUT2D eigenvalue weighted by atomic mass is 32.2. The van der Waals surface area contributed by atoms with Crippen LogP contribution in [0.2, 0.25) is 0 Å². The number of carbonyl (C=O) groups excluding carboxylic acids is 1. The molecule has 5 heteroatoms. The van der Waals surface area contributed by atoms with Crippen molar-refractivity contribution in [1.29, 1.82) is 0 Å². The summed E-state index contributed by atoms with van der Waals surface area (Å²) in [6, 6.07) is 0.620. The summed E-state index contributed by atoms with van der Waals surface area (Å²) in [5.41, 5.74) is 0. The van der Waals surface area contributed by atoms with Gasteiger partial charge in [0.25, 0.3) is 0 Å². The molecule has 0 spiro atoms. The van der Waals surface area contributed by atoms with Crippen LogP contribution in [0, 0.1) is 0 Å². The predicted octanol–water partition coefficient (Wildman–Crippen LogP) is 2.19. The summed E-state index contributed by atoms with van der Waals surface area (Å²) in [6.45, 7) is 2.06. The third-order valence-corrected chi connectivity index (χ3v) is 4.68. The molecule has 0 aliphatic carbocycles. The average Bonchev–Trinajstić information content (AvgIpc) is 2.92. The maximum Gasteiger partial charge on any atom is 0.224 e. The summed E-state index contributed by atoms with van der Waals surface area (Å²) in [5, 5.41) is 0. The third-order valence-electron chi connectivity index (χ3n) is 3.64. The predicted molar refractivity (Wildman–Crippen MR) is 74.7 cm³/mol. The number of rotatable bonds is 4. The number of nitrogens with zero attached hydrogens (tertiary/aromatic N) is 3. The second-order valence-corrected chi connectivity index (χ2v) is 6.14. The second-order valence-electron chi connectivity index (χ2n) is 4.91. The molecule has 1 aliphatic heterocycles. The summed E-state index contributed by atoms with van der Waals surface area (Å²) in [7, 11) is 1.95. The minimum Gasteiger partial charge on any atom is -0.343 e. The molecule has 2 rings (SSSR count). The van der Waals surface area contributed by atoms with Crippen LogP contribution in [-0.4, -0.2) is 45.0 Å². The molecular formula is C13H21N3OS. The average molecular weight is 267 g/mol. The van der Waals surface area contributed by atoms with Gasteiger partial charge in [0.2, 0.25) is 5.91 Å². The SMILES string of the molecule is C[C@@H](CC(=O)N(C)C1CCSCC1)n1ccnc1. The van der Waals surface area contributed by atoms with Crippen molar-refractivity contribution in [3.8, 4) is 0 Å². The van der Waals surface area contributed by atoms with Gasteiger partial charge in [-0.1, -0.05) is 0 Å². The van der Waals surface area contributed by atoms with E-state index in [1.807, 2.05) is 34.5 Å². The molecule has 2 heterocycles. The van der Waals surface area contributed by atoms with Gasteiger partial charge in [-0.2, -0.15) is 11.8 Å². The lowest BCUT2D eigenvalue weighted by molar-refractivity contribution is -0.132. The highest BCUT2D eigenvalue weighted by molar-refractivity contribution is 7.99. The van der Waals surface area contributed by atoms with E-state index >= 15 is 0 Å². The van der Waals surface area contributed by atoms with Gasteiger partial charge in [0.15, 0.2) is 0 Å². The van der Waals surface area contributed by atoms with Crippen LogP contribution < -0.4 is 0 Å². The lowest BCUT2D eigenvalue weighted by atomic mass is 10.1. The maximum absolute atomic E-state index is 12.2. The first kappa shape index (κ1) is 13.5. The van der Waals surface area contributed by atoms with Gasteiger partial charge in [0.1, 0.15) is 0 Å². The van der Waals surface area contributed by atoms with Crippen molar-refractivity contribution in [2.24, 2.45) is 0 Å². The molecule has 0 aromatic carbocycles. The van der Waals surface area contributed by atoms with Crippen molar-refractivity contribution in [3.05, 3.63) is 18.7 Å². The number of carbonyl (C=O) groups is 1. The molecule has 4 nitrogen and oxygen atoms in total. The highest BCUT2D eigenvalue weighted by Gasteiger charge is 2.23. The zero-order valence-electron chi connectivity index (χ0n) is 11.1. The molecule has 0 bridgehead atoms. The maximum atomic E-state index is 12.2. The van der Waals surface area contributed by atoms with Crippen LogP contribution in [0.15, 0.2) is 18.7 Å². The normalized spacial score (nSPS) is 18.6. The zero-order chi connectivity index (χ0) is 13.0. The summed E-state index contributed by atoms with van der Waals surface area (Å²) >= 11 is 1.99. The largest absolute Gasteiger partial charge is 0.343 e. The van der Waals surface area contributed by atoms with Crippen molar-refractivity contribution >= 4 is 17.7 Å². The first-order valence-corrected chi connectivity index (χ1v) is 7.65. The molecule has 0 unspecified atom stereocenters. The molecule has 1 fully saturated rings. The van der Waals surface area contributed by atoms with E-state index in [4.69, 9.17) is 0 Å². The lowest BCUT2D eigenvalue weighted by Crippen LogP contribution is -2.39. The van der Waals surface area contributed by atoms with Gasteiger partial charge < -0.3 is 9.47 Å². The molecule has 0 N–H and O–H groups in total. The van der Waals surface area contributed by atoms with Crippen LogP contribution in [0.4, 0.5) is 0 Å². The minimum absolute atomic E-state index is 0.181. The highest BCUT2D eigenvalue weighted by Crippen LogP contribution is 2.22. The van der Waals surface area contributed by atoms with Crippen molar-refractivity contribution in [3.63, 3.8) is 0 Å². The molecule has 1 atom stereocenters. The minimum atomic E-state index is 0.181. The zero-order valence-corrected chi connectivity index (χ0v) is 11.9. The van der Waals surface area contributed by atoms with Crippen LogP contribution in [-0.2, 0) is 4.79 Å². The van der Waals surface area contributed by atoms with Gasteiger partial charge in [0, 0.05) is 37.9 Å². The number of aromatic nitrogens is 2. The number of amides is 1. The van der Waals surface area contributed by atoms with E-state index in [-0.39, 0.29) is 11.9 Å². The number of hydrogen-bond acceptors (Lipinski definition) is 3. The Morgan fingerprint density at radius 3 is 2.89 bits per heavy atom. The van der Waals surface area contributed by atoms with E-state index in [2.05, 4.69) is 11.9 Å². The Balaban J connectivity index is 1.86. The van der Waals surface area contributed by atoms with E-state index in [1.54, 1.807) is 12.5 Å². The summed E-state index contributed by atoms with van der Waals surface area (Å²) in [4.78, 5) is 18.2. The molecule has 0 radical (unpaired) electrons. The Morgan fingerprint density at radius 1 is 1.56 bits per heavy atom. The lowest BCUT2D eigenvalue weighted by Gasteiger charge is -2.31. The summed E-state index contributed by atoms with van der Waals surface area (Å²) in [5.74, 6) is 2.60. The van der Waals surface area contributed by atoms with Gasteiger partial charge >= 0.3 is 0 Å². The molecule has 0 saturated carbocycles. The van der Waals surface area contributed by atoms with Gasteiger partial charge in [0.05, 0.1) is 6.33 Å². The first-order valence-electron chi connectivity index (χ1n) is 6.49. The monoisotopic (exact) mass is 267 g/mol. The standard InChI is InChI=1S/C13H21N3OS/c1-11(16-6-5-14-10-16)9-13(17)15(2)12-3-7-18-8-4-12/h5-6,10-12H,3-4,7-9H2,1-2H3/t11-/m0/s1. The second kappa shape index (κ2) is 6.27. The summed E-state index contributed by atoms with van der Waals surface area (Å²) in [6.07, 6.45) is 8.25. The smallest absolute Gasteiger partial charge is 0.224 e. The molecule has 1 aliphatic rings. The molecule has 1 amide bonds. The van der Waals surface area contributed by atoms with Crippen molar-refractivity contribution in [1.82, 2.24) is 14.5 Å². The number of thioether (sulfide) groups is 1. The molecule has 100 valence electrons. The van der Waals surface area contributed by atoms with Crippen LogP contribution >= 0.6 is 11.8 Å². The molecule has 18 heavy (non-hydrogen) atoms. The van der Waals surface area contributed by atoms with Crippen LogP contribution in [0.5, 0.6) is 0 Å². The van der Waals surface area contributed by atoms with Crippen LogP contribution in [0.3, 0.4) is 0 Å². The molecule has 1 aromatic heterocycles. The van der Waals surface area contributed by atoms with E-state index in [0.717, 1.165) is 12.8 Å². The Kier molecular flexibility index (Phi) is 4.69. The fourth-order valence-electron chi connectivity index (χ4n) is 2.31. The van der Waals surface area contributed by atoms with Crippen molar-refractivity contribution in [2.45, 2.75) is 38.3 Å². The summed E-state index contributed by atoms with van der Waals surface area (Å²) < 4.78 is 1.99. The quantitative estimate of drug-likeness (QED) is 0.839. The fraction of sp³-hybridized carbons (Fsp3) is 0.692. The fourth-order valence-corrected chi connectivity index (χ4v) is 3.39. The van der Waals surface area contributed by atoms with E-state index in [0.29, 0.717) is 12.5 Å². The Labute approximate surface area is 113 Å². The molecule has 1 aromatic rings. The number of hydrogen-bond donors (Lipinski definition) is 0. The third kappa shape index (κ3) is 3.28. The van der Waals surface area contributed by atoms with Crippen LogP contribution in [0.1, 0.15) is 32.2 Å². The van der Waals surface area contributed by atoms with Gasteiger partial charge in [-0.05, 0) is 31.3 Å². The van der Waals surface area contributed by atoms with Gasteiger partial charge in [-0.15, -0.1) is 0 Å². The van der Waals surface area contributed by atoms with Gasteiger partial charge in [-0.3, -0.25) is 4.79 Å².